The molecule has 0 aliphatic rings. The second-order valence-corrected chi connectivity index (χ2v) is 3.82. The van der Waals surface area contributed by atoms with Crippen LogP contribution in [0.4, 0.5) is 8.78 Å². The van der Waals surface area contributed by atoms with Gasteiger partial charge in [-0.25, -0.2) is 8.78 Å². The molecule has 1 aromatic carbocycles. The predicted octanol–water partition coefficient (Wildman–Crippen LogP) is 2.84. The molecule has 0 aliphatic carbocycles. The van der Waals surface area contributed by atoms with Gasteiger partial charge in [0.1, 0.15) is 11.6 Å². The van der Waals surface area contributed by atoms with E-state index in [0.717, 1.165) is 11.4 Å². The van der Waals surface area contributed by atoms with Gasteiger partial charge in [0.2, 0.25) is 0 Å². The van der Waals surface area contributed by atoms with E-state index in [1.54, 1.807) is 0 Å². The van der Waals surface area contributed by atoms with Gasteiger partial charge in [0.25, 0.3) is 0 Å². The van der Waals surface area contributed by atoms with Crippen LogP contribution in [0.3, 0.4) is 0 Å². The van der Waals surface area contributed by atoms with E-state index in [9.17, 15) is 8.78 Å². The van der Waals surface area contributed by atoms with E-state index in [2.05, 4.69) is 21.2 Å². The molecule has 0 aliphatic heterocycles. The molecule has 0 radical (unpaired) electrons. The summed E-state index contributed by atoms with van der Waals surface area (Å²) in [4.78, 5) is 0. The summed E-state index contributed by atoms with van der Waals surface area (Å²) in [5.41, 5.74) is 0.485. The second kappa shape index (κ2) is 5.41. The van der Waals surface area contributed by atoms with E-state index in [1.807, 2.05) is 6.92 Å². The number of hydrogen-bond donors (Lipinski definition) is 1. The summed E-state index contributed by atoms with van der Waals surface area (Å²) < 4.78 is 25.7. The molecule has 0 saturated heterocycles. The van der Waals surface area contributed by atoms with Gasteiger partial charge in [-0.2, -0.15) is 0 Å². The van der Waals surface area contributed by atoms with Crippen molar-refractivity contribution in [2.45, 2.75) is 19.5 Å². The fourth-order valence-corrected chi connectivity index (χ4v) is 1.23. The van der Waals surface area contributed by atoms with Gasteiger partial charge in [-0.05, 0) is 13.0 Å². The van der Waals surface area contributed by atoms with Crippen molar-refractivity contribution in [1.29, 1.82) is 0 Å². The number of rotatable bonds is 4. The third-order valence-electron chi connectivity index (χ3n) is 1.89. The van der Waals surface area contributed by atoms with Gasteiger partial charge in [0.15, 0.2) is 0 Å². The molecule has 14 heavy (non-hydrogen) atoms. The zero-order chi connectivity index (χ0) is 10.6. The van der Waals surface area contributed by atoms with E-state index >= 15 is 0 Å². The fourth-order valence-electron chi connectivity index (χ4n) is 1.00. The fraction of sp³-hybridized carbons (Fsp3) is 0.400. The Hall–Kier alpha value is -0.480. The third kappa shape index (κ3) is 3.35. The average molecular weight is 264 g/mol. The van der Waals surface area contributed by atoms with Crippen molar-refractivity contribution in [2.75, 3.05) is 5.33 Å². The SMILES string of the molecule is CC(CBr)NCc1ccc(F)cc1F. The molecule has 4 heteroatoms. The van der Waals surface area contributed by atoms with Crippen LogP contribution in [0.5, 0.6) is 0 Å². The molecule has 1 atom stereocenters. The summed E-state index contributed by atoms with van der Waals surface area (Å²) in [7, 11) is 0. The van der Waals surface area contributed by atoms with E-state index in [1.165, 1.54) is 12.1 Å². The van der Waals surface area contributed by atoms with Crippen LogP contribution in [0, 0.1) is 11.6 Å². The Kier molecular flexibility index (Phi) is 4.48. The highest BCUT2D eigenvalue weighted by Gasteiger charge is 2.04. The van der Waals surface area contributed by atoms with Crippen LogP contribution in [0.25, 0.3) is 0 Å². The molecule has 1 N–H and O–H groups in total. The standard InChI is InChI=1S/C10H12BrF2N/c1-7(5-11)14-6-8-2-3-9(12)4-10(8)13/h2-4,7,14H,5-6H2,1H3. The van der Waals surface area contributed by atoms with Crippen molar-refractivity contribution in [3.63, 3.8) is 0 Å². The monoisotopic (exact) mass is 263 g/mol. The lowest BCUT2D eigenvalue weighted by Crippen LogP contribution is -2.27. The van der Waals surface area contributed by atoms with E-state index in [0.29, 0.717) is 12.1 Å². The predicted molar refractivity (Wildman–Crippen MR) is 56.5 cm³/mol. The Morgan fingerprint density at radius 1 is 1.43 bits per heavy atom. The second-order valence-electron chi connectivity index (χ2n) is 3.17. The molecule has 0 fully saturated rings. The lowest BCUT2D eigenvalue weighted by molar-refractivity contribution is 0.543. The molecule has 1 aromatic rings. The molecule has 1 rings (SSSR count). The first-order valence-corrected chi connectivity index (χ1v) is 5.49. The molecule has 0 saturated carbocycles. The van der Waals surface area contributed by atoms with Crippen LogP contribution < -0.4 is 5.32 Å². The summed E-state index contributed by atoms with van der Waals surface area (Å²) in [6, 6.07) is 3.88. The zero-order valence-corrected chi connectivity index (χ0v) is 9.44. The van der Waals surface area contributed by atoms with Crippen molar-refractivity contribution >= 4 is 15.9 Å². The summed E-state index contributed by atoms with van der Waals surface area (Å²) in [6.45, 7) is 2.40. The Bertz CT molecular complexity index is 304. The zero-order valence-electron chi connectivity index (χ0n) is 7.86. The lowest BCUT2D eigenvalue weighted by Gasteiger charge is -2.10. The highest BCUT2D eigenvalue weighted by Crippen LogP contribution is 2.09. The van der Waals surface area contributed by atoms with Crippen molar-refractivity contribution in [3.8, 4) is 0 Å². The summed E-state index contributed by atoms with van der Waals surface area (Å²) in [5, 5.41) is 3.90. The highest BCUT2D eigenvalue weighted by molar-refractivity contribution is 9.09. The number of benzene rings is 1. The highest BCUT2D eigenvalue weighted by atomic mass is 79.9. The van der Waals surface area contributed by atoms with Gasteiger partial charge in [0, 0.05) is 29.5 Å². The van der Waals surface area contributed by atoms with Gasteiger partial charge in [-0.3, -0.25) is 0 Å². The minimum Gasteiger partial charge on any atom is -0.309 e. The third-order valence-corrected chi connectivity index (χ3v) is 2.86. The first-order chi connectivity index (χ1) is 6.63. The summed E-state index contributed by atoms with van der Waals surface area (Å²) in [5.74, 6) is -1.04. The van der Waals surface area contributed by atoms with Gasteiger partial charge >= 0.3 is 0 Å². The number of hydrogen-bond acceptors (Lipinski definition) is 1. The maximum Gasteiger partial charge on any atom is 0.130 e. The van der Waals surface area contributed by atoms with Crippen LogP contribution >= 0.6 is 15.9 Å². The Morgan fingerprint density at radius 2 is 2.14 bits per heavy atom. The molecule has 1 nitrogen and oxygen atoms in total. The van der Waals surface area contributed by atoms with Crippen molar-refractivity contribution in [2.24, 2.45) is 0 Å². The van der Waals surface area contributed by atoms with E-state index in [4.69, 9.17) is 0 Å². The molecule has 0 aromatic heterocycles. The van der Waals surface area contributed by atoms with E-state index in [-0.39, 0.29) is 6.04 Å². The van der Waals surface area contributed by atoms with Crippen molar-refractivity contribution in [3.05, 3.63) is 35.4 Å². The lowest BCUT2D eigenvalue weighted by atomic mass is 10.2. The van der Waals surface area contributed by atoms with Gasteiger partial charge < -0.3 is 5.32 Å². The molecule has 78 valence electrons. The molecule has 0 spiro atoms. The molecule has 0 bridgehead atoms. The molecule has 1 unspecified atom stereocenters. The van der Waals surface area contributed by atoms with Crippen molar-refractivity contribution < 1.29 is 8.78 Å². The quantitative estimate of drug-likeness (QED) is 0.824. The molecule has 0 amide bonds. The van der Waals surface area contributed by atoms with Crippen LogP contribution in [-0.2, 0) is 6.54 Å². The molecular weight excluding hydrogens is 252 g/mol. The normalized spacial score (nSPS) is 12.9. The number of nitrogens with one attached hydrogen (secondary N) is 1. The summed E-state index contributed by atoms with van der Waals surface area (Å²) in [6.07, 6.45) is 0. The Labute approximate surface area is 90.6 Å². The first kappa shape index (κ1) is 11.6. The Balaban J connectivity index is 2.59. The topological polar surface area (TPSA) is 12.0 Å². The van der Waals surface area contributed by atoms with E-state index < -0.39 is 11.6 Å². The minimum atomic E-state index is -0.542. The largest absolute Gasteiger partial charge is 0.309 e. The van der Waals surface area contributed by atoms with Crippen LogP contribution in [-0.4, -0.2) is 11.4 Å². The number of halogens is 3. The minimum absolute atomic E-state index is 0.263. The maximum absolute atomic E-state index is 13.1. The van der Waals surface area contributed by atoms with Gasteiger partial charge in [-0.15, -0.1) is 0 Å². The smallest absolute Gasteiger partial charge is 0.130 e. The van der Waals surface area contributed by atoms with Crippen LogP contribution in [0.2, 0.25) is 0 Å². The maximum atomic E-state index is 13.1. The van der Waals surface area contributed by atoms with Gasteiger partial charge in [0.05, 0.1) is 0 Å². The summed E-state index contributed by atoms with van der Waals surface area (Å²) >= 11 is 3.30. The molecule has 0 heterocycles. The van der Waals surface area contributed by atoms with Crippen molar-refractivity contribution in [1.82, 2.24) is 5.32 Å². The van der Waals surface area contributed by atoms with Gasteiger partial charge in [-0.1, -0.05) is 22.0 Å². The van der Waals surface area contributed by atoms with Crippen LogP contribution in [0.15, 0.2) is 18.2 Å². The van der Waals surface area contributed by atoms with Crippen LogP contribution in [0.1, 0.15) is 12.5 Å². The Morgan fingerprint density at radius 3 is 2.71 bits per heavy atom. The molecular formula is C10H12BrF2N. The average Bonchev–Trinajstić information content (AvgIpc) is 2.16. The number of alkyl halides is 1. The first-order valence-electron chi connectivity index (χ1n) is 4.36.